The zero-order chi connectivity index (χ0) is 18.6. The van der Waals surface area contributed by atoms with Crippen LogP contribution in [0.1, 0.15) is 37.9 Å². The van der Waals surface area contributed by atoms with E-state index in [1.165, 1.54) is 16.8 Å². The lowest BCUT2D eigenvalue weighted by Crippen LogP contribution is -2.60. The first-order valence-electron chi connectivity index (χ1n) is 7.61. The number of nitriles is 1. The zero-order valence-corrected chi connectivity index (χ0v) is 15.4. The van der Waals surface area contributed by atoms with Crippen molar-refractivity contribution in [1.29, 1.82) is 5.26 Å². The van der Waals surface area contributed by atoms with Crippen LogP contribution in [-0.4, -0.2) is 20.9 Å². The quantitative estimate of drug-likeness (QED) is 0.823. The Kier molecular flexibility index (Phi) is 4.11. The second kappa shape index (κ2) is 5.77. The molecule has 0 aliphatic carbocycles. The molecule has 3 rings (SSSR count). The maximum absolute atomic E-state index is 12.6. The lowest BCUT2D eigenvalue weighted by Gasteiger charge is -2.50. The molecule has 1 aliphatic rings. The van der Waals surface area contributed by atoms with Crippen molar-refractivity contribution in [3.8, 4) is 11.8 Å². The van der Waals surface area contributed by atoms with Gasteiger partial charge in [-0.25, -0.2) is 0 Å². The minimum Gasteiger partial charge on any atom is -0.484 e. The molecule has 1 N–H and O–H groups in total. The first-order chi connectivity index (χ1) is 11.6. The summed E-state index contributed by atoms with van der Waals surface area (Å²) in [5.74, 6) is 0.489. The molecule has 0 amide bonds. The highest BCUT2D eigenvalue weighted by Gasteiger charge is 2.53. The third-order valence-corrected chi connectivity index (χ3v) is 5.27. The Hall–Kier alpha value is -2.00. The number of pyridine rings is 1. The first kappa shape index (κ1) is 17.8. The highest BCUT2D eigenvalue weighted by molar-refractivity contribution is 6.34. The topological polar surface area (TPSA) is 75.2 Å². The van der Waals surface area contributed by atoms with Gasteiger partial charge in [-0.15, -0.1) is 0 Å². The van der Waals surface area contributed by atoms with Crippen molar-refractivity contribution in [2.45, 2.75) is 38.0 Å². The normalized spacial score (nSPS) is 24.1. The first-order valence-corrected chi connectivity index (χ1v) is 8.36. The van der Waals surface area contributed by atoms with E-state index in [2.05, 4.69) is 6.07 Å². The molecule has 0 fully saturated rings. The van der Waals surface area contributed by atoms with Crippen molar-refractivity contribution >= 4 is 23.2 Å². The number of aromatic nitrogens is 1. The van der Waals surface area contributed by atoms with Crippen LogP contribution in [0.5, 0.6) is 5.75 Å². The van der Waals surface area contributed by atoms with Crippen molar-refractivity contribution in [3.05, 3.63) is 62.0 Å². The minimum absolute atomic E-state index is 0.0504. The SMILES string of the molecule is CC1(C)Oc2ccc(C#N)cc2C(n2cc(Cl)cc(Cl)c2=O)C1(C)O. The molecule has 0 saturated heterocycles. The molecule has 2 unspecified atom stereocenters. The number of nitrogens with zero attached hydrogens (tertiary/aromatic N) is 2. The smallest absolute Gasteiger partial charge is 0.270 e. The van der Waals surface area contributed by atoms with E-state index in [9.17, 15) is 15.2 Å². The molecule has 25 heavy (non-hydrogen) atoms. The summed E-state index contributed by atoms with van der Waals surface area (Å²) in [6.45, 7) is 5.05. The summed E-state index contributed by atoms with van der Waals surface area (Å²) in [6.07, 6.45) is 1.43. The zero-order valence-electron chi connectivity index (χ0n) is 13.9. The Labute approximate surface area is 155 Å². The van der Waals surface area contributed by atoms with E-state index in [1.54, 1.807) is 39.0 Å². The molecule has 2 aromatic rings. The van der Waals surface area contributed by atoms with Crippen molar-refractivity contribution < 1.29 is 9.84 Å². The van der Waals surface area contributed by atoms with Gasteiger partial charge in [-0.05, 0) is 45.0 Å². The van der Waals surface area contributed by atoms with Crippen molar-refractivity contribution in [1.82, 2.24) is 4.57 Å². The van der Waals surface area contributed by atoms with Gasteiger partial charge in [-0.2, -0.15) is 5.26 Å². The Morgan fingerprint density at radius 1 is 1.28 bits per heavy atom. The minimum atomic E-state index is -1.48. The van der Waals surface area contributed by atoms with E-state index in [0.717, 1.165) is 0 Å². The molecule has 1 aromatic carbocycles. The number of rotatable bonds is 1. The predicted octanol–water partition coefficient (Wildman–Crippen LogP) is 3.54. The van der Waals surface area contributed by atoms with Gasteiger partial charge in [-0.3, -0.25) is 4.79 Å². The van der Waals surface area contributed by atoms with Crippen LogP contribution in [0, 0.1) is 11.3 Å². The highest BCUT2D eigenvalue weighted by atomic mass is 35.5. The predicted molar refractivity (Wildman–Crippen MR) is 95.3 cm³/mol. The molecule has 2 heterocycles. The number of halogens is 2. The van der Waals surface area contributed by atoms with Gasteiger partial charge in [0.05, 0.1) is 22.7 Å². The molecule has 0 saturated carbocycles. The maximum Gasteiger partial charge on any atom is 0.270 e. The fraction of sp³-hybridized carbons (Fsp3) is 0.333. The summed E-state index contributed by atoms with van der Waals surface area (Å²) < 4.78 is 7.25. The van der Waals surface area contributed by atoms with Crippen LogP contribution < -0.4 is 10.3 Å². The van der Waals surface area contributed by atoms with Crippen LogP contribution in [-0.2, 0) is 0 Å². The molecule has 130 valence electrons. The second-order valence-corrected chi connectivity index (χ2v) is 7.59. The van der Waals surface area contributed by atoms with Gasteiger partial charge in [0.25, 0.3) is 5.56 Å². The van der Waals surface area contributed by atoms with E-state index in [-0.39, 0.29) is 10.0 Å². The maximum atomic E-state index is 12.6. The number of benzene rings is 1. The lowest BCUT2D eigenvalue weighted by molar-refractivity contribution is -0.139. The van der Waals surface area contributed by atoms with Gasteiger partial charge in [0.2, 0.25) is 0 Å². The van der Waals surface area contributed by atoms with Crippen molar-refractivity contribution in [3.63, 3.8) is 0 Å². The largest absolute Gasteiger partial charge is 0.484 e. The number of aliphatic hydroxyl groups is 1. The van der Waals surface area contributed by atoms with Crippen LogP contribution in [0.2, 0.25) is 10.0 Å². The van der Waals surface area contributed by atoms with Crippen molar-refractivity contribution in [2.24, 2.45) is 0 Å². The molecule has 5 nitrogen and oxygen atoms in total. The van der Waals surface area contributed by atoms with Gasteiger partial charge in [0, 0.05) is 11.8 Å². The molecular weight excluding hydrogens is 363 g/mol. The highest BCUT2D eigenvalue weighted by Crippen LogP contribution is 2.48. The van der Waals surface area contributed by atoms with Crippen LogP contribution >= 0.6 is 23.2 Å². The van der Waals surface area contributed by atoms with Gasteiger partial charge in [0.15, 0.2) is 0 Å². The van der Waals surface area contributed by atoms with Gasteiger partial charge >= 0.3 is 0 Å². The molecule has 2 atom stereocenters. The van der Waals surface area contributed by atoms with Crippen LogP contribution in [0.15, 0.2) is 35.3 Å². The summed E-state index contributed by atoms with van der Waals surface area (Å²) >= 11 is 12.1. The third-order valence-electron chi connectivity index (χ3n) is 4.79. The molecule has 0 bridgehead atoms. The van der Waals surface area contributed by atoms with E-state index in [0.29, 0.717) is 16.9 Å². The summed E-state index contributed by atoms with van der Waals surface area (Å²) in [4.78, 5) is 12.6. The summed E-state index contributed by atoms with van der Waals surface area (Å²) in [5.41, 5.74) is -2.06. The average molecular weight is 379 g/mol. The van der Waals surface area contributed by atoms with E-state index in [1.807, 2.05) is 0 Å². The summed E-state index contributed by atoms with van der Waals surface area (Å²) in [6, 6.07) is 7.47. The summed E-state index contributed by atoms with van der Waals surface area (Å²) in [5, 5.41) is 20.7. The Morgan fingerprint density at radius 3 is 2.60 bits per heavy atom. The van der Waals surface area contributed by atoms with Crippen LogP contribution in [0.3, 0.4) is 0 Å². The molecular formula is C18H16Cl2N2O3. The Morgan fingerprint density at radius 2 is 1.96 bits per heavy atom. The Balaban J connectivity index is 2.38. The fourth-order valence-electron chi connectivity index (χ4n) is 3.08. The van der Waals surface area contributed by atoms with E-state index >= 15 is 0 Å². The fourth-order valence-corrected chi connectivity index (χ4v) is 3.57. The van der Waals surface area contributed by atoms with Crippen molar-refractivity contribution in [2.75, 3.05) is 0 Å². The molecule has 1 aromatic heterocycles. The molecule has 1 aliphatic heterocycles. The van der Waals surface area contributed by atoms with Gasteiger partial charge in [0.1, 0.15) is 22.0 Å². The monoisotopic (exact) mass is 378 g/mol. The van der Waals surface area contributed by atoms with Gasteiger partial charge in [-0.1, -0.05) is 23.2 Å². The average Bonchev–Trinajstić information content (AvgIpc) is 2.52. The van der Waals surface area contributed by atoms with E-state index in [4.69, 9.17) is 27.9 Å². The standard InChI is InChI=1S/C18H16Cl2N2O3/c1-17(2)18(3,24)15(22-9-11(19)7-13(20)16(22)23)12-6-10(8-21)4-5-14(12)25-17/h4-7,9,15,24H,1-3H3. The third kappa shape index (κ3) is 2.71. The molecule has 0 radical (unpaired) electrons. The number of hydrogen-bond donors (Lipinski definition) is 1. The summed E-state index contributed by atoms with van der Waals surface area (Å²) in [7, 11) is 0. The molecule has 7 heteroatoms. The Bertz CT molecular complexity index is 958. The van der Waals surface area contributed by atoms with Crippen LogP contribution in [0.4, 0.5) is 0 Å². The lowest BCUT2D eigenvalue weighted by atomic mass is 9.75. The molecule has 0 spiro atoms. The number of fused-ring (bicyclic) bond motifs is 1. The van der Waals surface area contributed by atoms with E-state index < -0.39 is 22.8 Å². The van der Waals surface area contributed by atoms with Gasteiger partial charge < -0.3 is 14.4 Å². The number of ether oxygens (including phenoxy) is 1. The number of hydrogen-bond acceptors (Lipinski definition) is 4. The second-order valence-electron chi connectivity index (χ2n) is 6.75. The van der Waals surface area contributed by atoms with Crippen LogP contribution in [0.25, 0.3) is 0 Å².